The van der Waals surface area contributed by atoms with Crippen LogP contribution >= 0.6 is 0 Å². The third kappa shape index (κ3) is 11.4. The van der Waals surface area contributed by atoms with E-state index in [-0.39, 0.29) is 37.6 Å². The van der Waals surface area contributed by atoms with Crippen molar-refractivity contribution in [2.45, 2.75) is 33.0 Å². The molecule has 0 amide bonds. The molecule has 0 saturated carbocycles. The molecule has 0 N–H and O–H groups in total. The van der Waals surface area contributed by atoms with Crippen LogP contribution in [-0.4, -0.2) is 50.6 Å². The van der Waals surface area contributed by atoms with Crippen molar-refractivity contribution in [2.24, 2.45) is 0 Å². The van der Waals surface area contributed by atoms with Gasteiger partial charge in [-0.1, -0.05) is 110 Å². The predicted molar refractivity (Wildman–Crippen MR) is 206 cm³/mol. The SMILES string of the molecule is C=C(C)C(=O)OC(COc1ccc(-c2ccccc2)cc1)COc1cccc(C)c1OCC(COc1ccc(-c2ccccc2)cc1)OC(=O)C(=C)C. The van der Waals surface area contributed by atoms with Crippen molar-refractivity contribution in [2.75, 3.05) is 26.4 Å². The Morgan fingerprint density at radius 1 is 0.491 bits per heavy atom. The highest BCUT2D eigenvalue weighted by Crippen LogP contribution is 2.32. The number of hydrogen-bond donors (Lipinski definition) is 0. The fourth-order valence-corrected chi connectivity index (χ4v) is 5.15. The molecular weight excluding hydrogens is 668 g/mol. The molecule has 5 rings (SSSR count). The van der Waals surface area contributed by atoms with E-state index in [4.69, 9.17) is 28.4 Å². The molecule has 2 atom stereocenters. The van der Waals surface area contributed by atoms with E-state index in [2.05, 4.69) is 13.2 Å². The van der Waals surface area contributed by atoms with E-state index in [1.165, 1.54) is 0 Å². The molecule has 0 bridgehead atoms. The van der Waals surface area contributed by atoms with Gasteiger partial charge in [0.25, 0.3) is 0 Å². The summed E-state index contributed by atoms with van der Waals surface area (Å²) >= 11 is 0. The van der Waals surface area contributed by atoms with Crippen molar-refractivity contribution < 1.29 is 38.0 Å². The van der Waals surface area contributed by atoms with E-state index in [1.54, 1.807) is 19.9 Å². The Morgan fingerprint density at radius 2 is 0.887 bits per heavy atom. The number of ether oxygens (including phenoxy) is 6. The number of benzene rings is 5. The van der Waals surface area contributed by atoms with Crippen LogP contribution in [-0.2, 0) is 19.1 Å². The fraction of sp³-hybridized carbons (Fsp3) is 0.200. The minimum atomic E-state index is -0.772. The lowest BCUT2D eigenvalue weighted by molar-refractivity contribution is -0.148. The number of rotatable bonds is 18. The average Bonchev–Trinajstić information content (AvgIpc) is 3.18. The van der Waals surface area contributed by atoms with Gasteiger partial charge < -0.3 is 28.4 Å². The van der Waals surface area contributed by atoms with Crippen LogP contribution in [0.5, 0.6) is 23.0 Å². The summed E-state index contributed by atoms with van der Waals surface area (Å²) in [5.41, 5.74) is 5.60. The van der Waals surface area contributed by atoms with E-state index in [1.807, 2.05) is 128 Å². The Kier molecular flexibility index (Phi) is 13.5. The zero-order chi connectivity index (χ0) is 37.6. The Balaban J connectivity index is 1.23. The van der Waals surface area contributed by atoms with Gasteiger partial charge in [-0.25, -0.2) is 9.59 Å². The summed E-state index contributed by atoms with van der Waals surface area (Å²) in [6, 6.07) is 40.9. The van der Waals surface area contributed by atoms with Crippen molar-refractivity contribution >= 4 is 11.9 Å². The van der Waals surface area contributed by atoms with E-state index >= 15 is 0 Å². The van der Waals surface area contributed by atoms with Gasteiger partial charge in [-0.05, 0) is 78.9 Å². The normalized spacial score (nSPS) is 11.8. The lowest BCUT2D eigenvalue weighted by Gasteiger charge is -2.23. The van der Waals surface area contributed by atoms with Gasteiger partial charge in [-0.15, -0.1) is 0 Å². The van der Waals surface area contributed by atoms with Gasteiger partial charge in [0.15, 0.2) is 23.7 Å². The molecule has 272 valence electrons. The molecule has 0 radical (unpaired) electrons. The van der Waals surface area contributed by atoms with Crippen LogP contribution in [0.3, 0.4) is 0 Å². The van der Waals surface area contributed by atoms with Crippen molar-refractivity contribution in [1.29, 1.82) is 0 Å². The van der Waals surface area contributed by atoms with Gasteiger partial charge in [-0.3, -0.25) is 0 Å². The van der Waals surface area contributed by atoms with Crippen LogP contribution in [0.1, 0.15) is 19.4 Å². The molecule has 2 unspecified atom stereocenters. The van der Waals surface area contributed by atoms with Crippen LogP contribution in [0, 0.1) is 6.92 Å². The zero-order valence-electron chi connectivity index (χ0n) is 30.3. The third-order valence-corrected chi connectivity index (χ3v) is 8.05. The molecule has 5 aromatic carbocycles. The number of hydrogen-bond acceptors (Lipinski definition) is 8. The molecule has 0 spiro atoms. The Morgan fingerprint density at radius 3 is 1.32 bits per heavy atom. The van der Waals surface area contributed by atoms with Crippen LogP contribution < -0.4 is 18.9 Å². The summed E-state index contributed by atoms with van der Waals surface area (Å²) in [5.74, 6) is 0.976. The van der Waals surface area contributed by atoms with Crippen molar-refractivity contribution in [3.8, 4) is 45.3 Å². The number of esters is 2. The standard InChI is InChI=1S/C45H44O8/c1-31(2)44(46)52-40(27-48-38-23-19-36(20-24-38)34-14-8-6-9-15-34)29-50-42-18-12-13-33(5)43(42)51-30-41(53-45(47)32(3)4)28-49-39-25-21-37(22-26-39)35-16-10-7-11-17-35/h6-26,40-41H,1,3,27-30H2,2,4-5H3. The summed E-state index contributed by atoms with van der Waals surface area (Å²) in [6.07, 6.45) is -1.54. The molecule has 5 aromatic rings. The van der Waals surface area contributed by atoms with Gasteiger partial charge in [0, 0.05) is 11.1 Å². The summed E-state index contributed by atoms with van der Waals surface area (Å²) in [6.45, 7) is 12.5. The molecule has 8 nitrogen and oxygen atoms in total. The van der Waals surface area contributed by atoms with Crippen LogP contribution in [0.25, 0.3) is 22.3 Å². The van der Waals surface area contributed by atoms with E-state index in [9.17, 15) is 9.59 Å². The summed E-state index contributed by atoms with van der Waals surface area (Å²) in [4.78, 5) is 25.1. The third-order valence-electron chi connectivity index (χ3n) is 8.05. The quantitative estimate of drug-likeness (QED) is 0.0657. The maximum absolute atomic E-state index is 12.6. The van der Waals surface area contributed by atoms with E-state index in [0.717, 1.165) is 27.8 Å². The molecule has 0 saturated heterocycles. The molecule has 0 aliphatic rings. The van der Waals surface area contributed by atoms with Crippen molar-refractivity contribution in [3.05, 3.63) is 157 Å². The first-order valence-corrected chi connectivity index (χ1v) is 17.3. The molecule has 0 fully saturated rings. The highest BCUT2D eigenvalue weighted by molar-refractivity contribution is 5.87. The van der Waals surface area contributed by atoms with Gasteiger partial charge in [0.05, 0.1) is 0 Å². The molecule has 0 aromatic heterocycles. The monoisotopic (exact) mass is 712 g/mol. The number of para-hydroxylation sites is 1. The van der Waals surface area contributed by atoms with E-state index in [0.29, 0.717) is 23.0 Å². The Bertz CT molecular complexity index is 1970. The second-order valence-electron chi connectivity index (χ2n) is 12.5. The van der Waals surface area contributed by atoms with Crippen LogP contribution in [0.15, 0.2) is 152 Å². The Hall–Kier alpha value is -6.28. The minimum Gasteiger partial charge on any atom is -0.490 e. The van der Waals surface area contributed by atoms with Gasteiger partial charge in [0.2, 0.25) is 0 Å². The summed E-state index contributed by atoms with van der Waals surface area (Å²) in [7, 11) is 0. The molecule has 8 heteroatoms. The first-order chi connectivity index (χ1) is 25.7. The molecule has 0 heterocycles. The average molecular weight is 713 g/mol. The number of carbonyl (C=O) groups excluding carboxylic acids is 2. The molecule has 0 aliphatic heterocycles. The second kappa shape index (κ2) is 18.8. The largest absolute Gasteiger partial charge is 0.490 e. The first kappa shape index (κ1) is 38.0. The lowest BCUT2D eigenvalue weighted by atomic mass is 10.1. The lowest BCUT2D eigenvalue weighted by Crippen LogP contribution is -2.32. The van der Waals surface area contributed by atoms with Crippen molar-refractivity contribution in [3.63, 3.8) is 0 Å². The Labute approximate surface area is 311 Å². The number of aryl methyl sites for hydroxylation is 1. The highest BCUT2D eigenvalue weighted by Gasteiger charge is 2.22. The van der Waals surface area contributed by atoms with E-state index < -0.39 is 24.1 Å². The molecule has 0 aliphatic carbocycles. The topological polar surface area (TPSA) is 89.5 Å². The second-order valence-corrected chi connectivity index (χ2v) is 12.5. The molecular formula is C45H44O8. The maximum Gasteiger partial charge on any atom is 0.333 e. The first-order valence-electron chi connectivity index (χ1n) is 17.3. The predicted octanol–water partition coefficient (Wildman–Crippen LogP) is 9.22. The zero-order valence-corrected chi connectivity index (χ0v) is 30.3. The highest BCUT2D eigenvalue weighted by atomic mass is 16.6. The maximum atomic E-state index is 12.6. The van der Waals surface area contributed by atoms with Gasteiger partial charge in [0.1, 0.15) is 37.9 Å². The van der Waals surface area contributed by atoms with Crippen LogP contribution in [0.2, 0.25) is 0 Å². The summed E-state index contributed by atoms with van der Waals surface area (Å²) in [5, 5.41) is 0. The number of carbonyl (C=O) groups is 2. The van der Waals surface area contributed by atoms with Crippen molar-refractivity contribution in [1.82, 2.24) is 0 Å². The fourth-order valence-electron chi connectivity index (χ4n) is 5.15. The van der Waals surface area contributed by atoms with Gasteiger partial charge in [-0.2, -0.15) is 0 Å². The minimum absolute atomic E-state index is 0.0293. The smallest absolute Gasteiger partial charge is 0.333 e. The summed E-state index contributed by atoms with van der Waals surface area (Å²) < 4.78 is 35.8. The molecule has 53 heavy (non-hydrogen) atoms. The van der Waals surface area contributed by atoms with Crippen LogP contribution in [0.4, 0.5) is 0 Å². The van der Waals surface area contributed by atoms with Gasteiger partial charge >= 0.3 is 11.9 Å².